The fourth-order valence-corrected chi connectivity index (χ4v) is 1.55. The van der Waals surface area contributed by atoms with Gasteiger partial charge in [0.25, 0.3) is 0 Å². The van der Waals surface area contributed by atoms with Crippen LogP contribution in [0, 0.1) is 5.82 Å². The Kier molecular flexibility index (Phi) is 3.74. The van der Waals surface area contributed by atoms with Crippen LogP contribution in [0.5, 0.6) is 0 Å². The molecule has 1 aromatic heterocycles. The predicted molar refractivity (Wildman–Crippen MR) is 62.6 cm³/mol. The summed E-state index contributed by atoms with van der Waals surface area (Å²) in [5.41, 5.74) is 0.667. The molecule has 0 amide bonds. The smallest absolute Gasteiger partial charge is 0.338 e. The predicted octanol–water partition coefficient (Wildman–Crippen LogP) is 2.41. The highest BCUT2D eigenvalue weighted by Crippen LogP contribution is 2.09. The number of rotatable bonds is 5. The van der Waals surface area contributed by atoms with E-state index < -0.39 is 5.97 Å². The highest BCUT2D eigenvalue weighted by molar-refractivity contribution is 5.87. The van der Waals surface area contributed by atoms with E-state index in [0.29, 0.717) is 24.4 Å². The maximum absolute atomic E-state index is 13.3. The molecule has 18 heavy (non-hydrogen) atoms. The average Bonchev–Trinajstić information content (AvgIpc) is 2.80. The first-order chi connectivity index (χ1) is 8.66. The molecule has 0 saturated carbocycles. The first-order valence-electron chi connectivity index (χ1n) is 5.41. The Balaban J connectivity index is 1.88. The van der Waals surface area contributed by atoms with Gasteiger partial charge >= 0.3 is 5.97 Å². The van der Waals surface area contributed by atoms with Gasteiger partial charge in [0.15, 0.2) is 0 Å². The van der Waals surface area contributed by atoms with E-state index in [-0.39, 0.29) is 11.4 Å². The summed E-state index contributed by atoms with van der Waals surface area (Å²) in [6, 6.07) is 7.91. The van der Waals surface area contributed by atoms with E-state index >= 15 is 0 Å². The van der Waals surface area contributed by atoms with E-state index in [1.165, 1.54) is 18.4 Å². The molecule has 0 aliphatic rings. The number of benzene rings is 1. The SMILES string of the molecule is O=C(O)c1coc(CNCc2ccccc2F)c1. The number of halogens is 1. The minimum absolute atomic E-state index is 0.109. The number of carboxylic acid groups (broad SMARTS) is 1. The highest BCUT2D eigenvalue weighted by atomic mass is 19.1. The molecule has 2 aromatic rings. The van der Waals surface area contributed by atoms with Crippen LogP contribution in [0.4, 0.5) is 4.39 Å². The molecule has 1 heterocycles. The minimum Gasteiger partial charge on any atom is -0.478 e. The third-order valence-corrected chi connectivity index (χ3v) is 2.47. The lowest BCUT2D eigenvalue weighted by molar-refractivity contribution is 0.0696. The van der Waals surface area contributed by atoms with Crippen molar-refractivity contribution in [3.8, 4) is 0 Å². The highest BCUT2D eigenvalue weighted by Gasteiger charge is 2.08. The maximum atomic E-state index is 13.3. The molecule has 2 N–H and O–H groups in total. The van der Waals surface area contributed by atoms with Gasteiger partial charge in [0, 0.05) is 12.1 Å². The van der Waals surface area contributed by atoms with Gasteiger partial charge in [-0.1, -0.05) is 18.2 Å². The van der Waals surface area contributed by atoms with E-state index in [1.807, 2.05) is 0 Å². The summed E-state index contributed by atoms with van der Waals surface area (Å²) in [5, 5.41) is 11.7. The molecule has 2 rings (SSSR count). The molecule has 0 radical (unpaired) electrons. The standard InChI is InChI=1S/C13H12FNO3/c14-12-4-2-1-3-9(12)6-15-7-11-5-10(8-18-11)13(16)17/h1-5,8,15H,6-7H2,(H,16,17). The van der Waals surface area contributed by atoms with Crippen molar-refractivity contribution < 1.29 is 18.7 Å². The van der Waals surface area contributed by atoms with Gasteiger partial charge in [0.1, 0.15) is 17.8 Å². The lowest BCUT2D eigenvalue weighted by atomic mass is 10.2. The van der Waals surface area contributed by atoms with Gasteiger partial charge in [0.05, 0.1) is 12.1 Å². The first-order valence-corrected chi connectivity index (χ1v) is 5.41. The van der Waals surface area contributed by atoms with Crippen LogP contribution < -0.4 is 5.32 Å². The molecule has 0 fully saturated rings. The molecule has 0 bridgehead atoms. The van der Waals surface area contributed by atoms with Crippen molar-refractivity contribution >= 4 is 5.97 Å². The van der Waals surface area contributed by atoms with Gasteiger partial charge in [-0.25, -0.2) is 9.18 Å². The normalized spacial score (nSPS) is 10.5. The summed E-state index contributed by atoms with van der Waals surface area (Å²) in [7, 11) is 0. The van der Waals surface area contributed by atoms with Gasteiger partial charge in [-0.15, -0.1) is 0 Å². The second kappa shape index (κ2) is 5.46. The molecule has 5 heteroatoms. The second-order valence-corrected chi connectivity index (χ2v) is 3.80. The number of carboxylic acids is 1. The van der Waals surface area contributed by atoms with Crippen LogP contribution in [-0.2, 0) is 13.1 Å². The third kappa shape index (κ3) is 2.95. The molecular formula is C13H12FNO3. The number of furan rings is 1. The summed E-state index contributed by atoms with van der Waals surface area (Å²) < 4.78 is 18.3. The van der Waals surface area contributed by atoms with E-state index in [2.05, 4.69) is 5.32 Å². The molecule has 4 nitrogen and oxygen atoms in total. The van der Waals surface area contributed by atoms with Crippen LogP contribution in [0.2, 0.25) is 0 Å². The van der Waals surface area contributed by atoms with Crippen LogP contribution in [0.15, 0.2) is 41.0 Å². The van der Waals surface area contributed by atoms with Gasteiger partial charge in [-0.05, 0) is 12.1 Å². The maximum Gasteiger partial charge on any atom is 0.338 e. The molecule has 0 aliphatic heterocycles. The molecular weight excluding hydrogens is 237 g/mol. The topological polar surface area (TPSA) is 62.5 Å². The molecule has 1 aromatic carbocycles. The Morgan fingerprint density at radius 2 is 2.11 bits per heavy atom. The summed E-state index contributed by atoms with van der Waals surface area (Å²) in [5.74, 6) is -0.793. The number of nitrogens with one attached hydrogen (secondary N) is 1. The van der Waals surface area contributed by atoms with Crippen molar-refractivity contribution in [2.45, 2.75) is 13.1 Å². The first kappa shape index (κ1) is 12.3. The van der Waals surface area contributed by atoms with Crippen LogP contribution in [0.1, 0.15) is 21.7 Å². The van der Waals surface area contributed by atoms with E-state index in [1.54, 1.807) is 18.2 Å². The lowest BCUT2D eigenvalue weighted by Gasteiger charge is -2.03. The zero-order valence-corrected chi connectivity index (χ0v) is 9.52. The van der Waals surface area contributed by atoms with Crippen molar-refractivity contribution in [3.05, 3.63) is 59.3 Å². The second-order valence-electron chi connectivity index (χ2n) is 3.80. The average molecular weight is 249 g/mol. The minimum atomic E-state index is -1.03. The summed E-state index contributed by atoms with van der Waals surface area (Å²) >= 11 is 0. The molecule has 0 atom stereocenters. The van der Waals surface area contributed by atoms with Crippen molar-refractivity contribution in [1.82, 2.24) is 5.32 Å². The van der Waals surface area contributed by atoms with Crippen LogP contribution in [0.3, 0.4) is 0 Å². The van der Waals surface area contributed by atoms with Crippen molar-refractivity contribution in [2.75, 3.05) is 0 Å². The van der Waals surface area contributed by atoms with Gasteiger partial charge < -0.3 is 14.8 Å². The van der Waals surface area contributed by atoms with Crippen LogP contribution in [0.25, 0.3) is 0 Å². The quantitative estimate of drug-likeness (QED) is 0.854. The van der Waals surface area contributed by atoms with Crippen molar-refractivity contribution in [1.29, 1.82) is 0 Å². The van der Waals surface area contributed by atoms with Crippen molar-refractivity contribution in [3.63, 3.8) is 0 Å². The van der Waals surface area contributed by atoms with Gasteiger partial charge in [0.2, 0.25) is 0 Å². The third-order valence-electron chi connectivity index (χ3n) is 2.47. The zero-order valence-electron chi connectivity index (χ0n) is 9.52. The molecule has 94 valence electrons. The number of hydrogen-bond acceptors (Lipinski definition) is 3. The van der Waals surface area contributed by atoms with E-state index in [0.717, 1.165) is 0 Å². The van der Waals surface area contributed by atoms with Crippen molar-refractivity contribution in [2.24, 2.45) is 0 Å². The van der Waals surface area contributed by atoms with Gasteiger partial charge in [-0.3, -0.25) is 0 Å². The number of carbonyl (C=O) groups is 1. The van der Waals surface area contributed by atoms with E-state index in [9.17, 15) is 9.18 Å². The fraction of sp³-hybridized carbons (Fsp3) is 0.154. The Bertz CT molecular complexity index is 551. The number of aromatic carboxylic acids is 1. The molecule has 0 unspecified atom stereocenters. The van der Waals surface area contributed by atoms with E-state index in [4.69, 9.17) is 9.52 Å². The van der Waals surface area contributed by atoms with Crippen LogP contribution >= 0.6 is 0 Å². The summed E-state index contributed by atoms with van der Waals surface area (Å²) in [4.78, 5) is 10.6. The molecule has 0 aliphatic carbocycles. The zero-order chi connectivity index (χ0) is 13.0. The molecule has 0 saturated heterocycles. The van der Waals surface area contributed by atoms with Crippen LogP contribution in [-0.4, -0.2) is 11.1 Å². The van der Waals surface area contributed by atoms with Gasteiger partial charge in [-0.2, -0.15) is 0 Å². The Hall–Kier alpha value is -2.14. The monoisotopic (exact) mass is 249 g/mol. The fourth-order valence-electron chi connectivity index (χ4n) is 1.55. The summed E-state index contributed by atoms with van der Waals surface area (Å²) in [6.45, 7) is 0.706. The molecule has 0 spiro atoms. The Morgan fingerprint density at radius 1 is 1.33 bits per heavy atom. The lowest BCUT2D eigenvalue weighted by Crippen LogP contribution is -2.13. The Morgan fingerprint density at radius 3 is 2.78 bits per heavy atom. The summed E-state index contributed by atoms with van der Waals surface area (Å²) in [6.07, 6.45) is 1.18. The number of hydrogen-bond donors (Lipinski definition) is 2. The largest absolute Gasteiger partial charge is 0.478 e. The Labute approximate surface area is 103 Å².